The number of aryl methyl sites for hydroxylation is 2. The van der Waals surface area contributed by atoms with Crippen molar-refractivity contribution < 1.29 is 14.1 Å². The molecule has 2 heterocycles. The molecule has 31 heavy (non-hydrogen) atoms. The molecule has 162 valence electrons. The average molecular weight is 421 g/mol. The van der Waals surface area contributed by atoms with E-state index in [2.05, 4.69) is 15.0 Å². The van der Waals surface area contributed by atoms with E-state index in [1.807, 2.05) is 74.2 Å². The molecule has 0 spiro atoms. The summed E-state index contributed by atoms with van der Waals surface area (Å²) in [6.45, 7) is 9.25. The molecule has 0 N–H and O–H groups in total. The van der Waals surface area contributed by atoms with Gasteiger partial charge in [0, 0.05) is 31.7 Å². The number of carbonyl (C=O) groups excluding carboxylic acids is 1. The monoisotopic (exact) mass is 420 g/mol. The maximum atomic E-state index is 12.8. The van der Waals surface area contributed by atoms with E-state index in [0.717, 1.165) is 30.0 Å². The van der Waals surface area contributed by atoms with Crippen molar-refractivity contribution in [1.82, 2.24) is 19.9 Å². The predicted octanol–water partition coefficient (Wildman–Crippen LogP) is 3.47. The van der Waals surface area contributed by atoms with Gasteiger partial charge in [-0.15, -0.1) is 0 Å². The second-order valence-corrected chi connectivity index (χ2v) is 8.06. The summed E-state index contributed by atoms with van der Waals surface area (Å²) in [4.78, 5) is 21.4. The molecule has 1 aliphatic rings. The Hall–Kier alpha value is -3.19. The van der Waals surface area contributed by atoms with Crippen molar-refractivity contribution in [3.8, 4) is 17.1 Å². The van der Waals surface area contributed by atoms with Gasteiger partial charge in [0.25, 0.3) is 5.91 Å². The lowest BCUT2D eigenvalue weighted by Crippen LogP contribution is -2.51. The Balaban J connectivity index is 1.27. The van der Waals surface area contributed by atoms with Crippen molar-refractivity contribution in [2.75, 3.05) is 26.2 Å². The Bertz CT molecular complexity index is 1020. The van der Waals surface area contributed by atoms with Crippen molar-refractivity contribution in [1.29, 1.82) is 0 Å². The molecule has 0 saturated carbocycles. The summed E-state index contributed by atoms with van der Waals surface area (Å²) in [5.41, 5.74) is 3.24. The molecule has 1 unspecified atom stereocenters. The van der Waals surface area contributed by atoms with E-state index in [-0.39, 0.29) is 5.91 Å². The Morgan fingerprint density at radius 2 is 1.81 bits per heavy atom. The Morgan fingerprint density at radius 3 is 2.52 bits per heavy atom. The van der Waals surface area contributed by atoms with Crippen LogP contribution in [0.25, 0.3) is 11.4 Å². The van der Waals surface area contributed by atoms with Gasteiger partial charge in [-0.1, -0.05) is 47.1 Å². The molecule has 1 atom stereocenters. The third kappa shape index (κ3) is 5.30. The van der Waals surface area contributed by atoms with Crippen LogP contribution >= 0.6 is 0 Å². The summed E-state index contributed by atoms with van der Waals surface area (Å²) >= 11 is 0. The van der Waals surface area contributed by atoms with Crippen LogP contribution in [-0.2, 0) is 11.3 Å². The van der Waals surface area contributed by atoms with Crippen LogP contribution in [0.15, 0.2) is 53.1 Å². The zero-order chi connectivity index (χ0) is 21.8. The Kier molecular flexibility index (Phi) is 6.32. The molecule has 1 saturated heterocycles. The topological polar surface area (TPSA) is 71.7 Å². The van der Waals surface area contributed by atoms with Crippen molar-refractivity contribution in [3.63, 3.8) is 0 Å². The minimum atomic E-state index is -0.513. The van der Waals surface area contributed by atoms with Gasteiger partial charge >= 0.3 is 0 Å². The van der Waals surface area contributed by atoms with Gasteiger partial charge in [-0.2, -0.15) is 4.98 Å². The first kappa shape index (κ1) is 21.1. The summed E-state index contributed by atoms with van der Waals surface area (Å²) in [6.07, 6.45) is -0.513. The highest BCUT2D eigenvalue weighted by molar-refractivity contribution is 5.81. The van der Waals surface area contributed by atoms with Crippen molar-refractivity contribution in [2.24, 2.45) is 0 Å². The minimum absolute atomic E-state index is 0.0144. The normalized spacial score (nSPS) is 15.6. The number of nitrogens with zero attached hydrogens (tertiary/aromatic N) is 4. The molecule has 1 aromatic heterocycles. The van der Waals surface area contributed by atoms with Crippen LogP contribution in [0.5, 0.6) is 5.75 Å². The SMILES string of the molecule is Cc1ccc(-c2noc(CN3CCN(C(=O)C(C)Oc4cccc(C)c4)CC3)n2)cc1. The Morgan fingerprint density at radius 1 is 1.06 bits per heavy atom. The quantitative estimate of drug-likeness (QED) is 0.608. The molecule has 2 aromatic carbocycles. The van der Waals surface area contributed by atoms with Gasteiger partial charge in [-0.05, 0) is 38.5 Å². The highest BCUT2D eigenvalue weighted by Crippen LogP contribution is 2.18. The van der Waals surface area contributed by atoms with Gasteiger partial charge in [0.05, 0.1) is 6.54 Å². The summed E-state index contributed by atoms with van der Waals surface area (Å²) in [5, 5.41) is 4.10. The van der Waals surface area contributed by atoms with E-state index < -0.39 is 6.10 Å². The molecular weight excluding hydrogens is 392 g/mol. The highest BCUT2D eigenvalue weighted by atomic mass is 16.5. The smallest absolute Gasteiger partial charge is 0.263 e. The fourth-order valence-electron chi connectivity index (χ4n) is 3.66. The van der Waals surface area contributed by atoms with Crippen molar-refractivity contribution in [3.05, 3.63) is 65.5 Å². The number of amides is 1. The van der Waals surface area contributed by atoms with Crippen LogP contribution in [0.2, 0.25) is 0 Å². The van der Waals surface area contributed by atoms with Crippen molar-refractivity contribution >= 4 is 5.91 Å². The second-order valence-electron chi connectivity index (χ2n) is 8.06. The number of aromatic nitrogens is 2. The molecule has 3 aromatic rings. The predicted molar refractivity (Wildman–Crippen MR) is 118 cm³/mol. The van der Waals surface area contributed by atoms with Crippen LogP contribution in [0.3, 0.4) is 0 Å². The fraction of sp³-hybridized carbons (Fsp3) is 0.375. The van der Waals surface area contributed by atoms with Gasteiger partial charge in [-0.25, -0.2) is 0 Å². The number of benzene rings is 2. The van der Waals surface area contributed by atoms with E-state index in [1.54, 1.807) is 0 Å². The van der Waals surface area contributed by atoms with E-state index in [0.29, 0.717) is 31.3 Å². The number of ether oxygens (including phenoxy) is 1. The summed E-state index contributed by atoms with van der Waals surface area (Å²) in [6, 6.07) is 15.8. The first-order valence-electron chi connectivity index (χ1n) is 10.6. The molecule has 7 heteroatoms. The molecule has 0 aliphatic carbocycles. The highest BCUT2D eigenvalue weighted by Gasteiger charge is 2.27. The number of carbonyl (C=O) groups is 1. The van der Waals surface area contributed by atoms with Crippen molar-refractivity contribution in [2.45, 2.75) is 33.4 Å². The number of hydrogen-bond acceptors (Lipinski definition) is 6. The zero-order valence-electron chi connectivity index (χ0n) is 18.2. The van der Waals surface area contributed by atoms with Crippen LogP contribution in [0, 0.1) is 13.8 Å². The van der Waals surface area contributed by atoms with Crippen LogP contribution < -0.4 is 4.74 Å². The molecule has 1 fully saturated rings. The third-order valence-corrected chi connectivity index (χ3v) is 5.47. The fourth-order valence-corrected chi connectivity index (χ4v) is 3.66. The molecular formula is C24H28N4O3. The lowest BCUT2D eigenvalue weighted by Gasteiger charge is -2.35. The second kappa shape index (κ2) is 9.31. The van der Waals surface area contributed by atoms with Crippen LogP contribution in [-0.4, -0.2) is 58.1 Å². The molecule has 0 bridgehead atoms. The van der Waals surface area contributed by atoms with Gasteiger partial charge in [0.15, 0.2) is 6.10 Å². The molecule has 0 radical (unpaired) electrons. The standard InChI is InChI=1S/C24H28N4O3/c1-17-7-9-20(10-8-17)23-25-22(31-26-23)16-27-11-13-28(14-12-27)24(29)19(3)30-21-6-4-5-18(2)15-21/h4-10,15,19H,11-14,16H2,1-3H3. The Labute approximate surface area is 182 Å². The average Bonchev–Trinajstić information content (AvgIpc) is 3.23. The first-order chi connectivity index (χ1) is 15.0. The maximum Gasteiger partial charge on any atom is 0.263 e. The van der Waals surface area contributed by atoms with Crippen LogP contribution in [0.4, 0.5) is 0 Å². The van der Waals surface area contributed by atoms with Gasteiger partial charge in [0.1, 0.15) is 5.75 Å². The number of piperazine rings is 1. The van der Waals surface area contributed by atoms with Gasteiger partial charge in [-0.3, -0.25) is 9.69 Å². The van der Waals surface area contributed by atoms with E-state index in [1.165, 1.54) is 5.56 Å². The summed E-state index contributed by atoms with van der Waals surface area (Å²) in [7, 11) is 0. The lowest BCUT2D eigenvalue weighted by molar-refractivity contribution is -0.139. The zero-order valence-corrected chi connectivity index (χ0v) is 18.2. The maximum absolute atomic E-state index is 12.8. The third-order valence-electron chi connectivity index (χ3n) is 5.47. The lowest BCUT2D eigenvalue weighted by atomic mass is 10.1. The van der Waals surface area contributed by atoms with Gasteiger partial charge < -0.3 is 14.2 Å². The minimum Gasteiger partial charge on any atom is -0.481 e. The van der Waals surface area contributed by atoms with E-state index in [4.69, 9.17) is 9.26 Å². The molecule has 7 nitrogen and oxygen atoms in total. The van der Waals surface area contributed by atoms with E-state index >= 15 is 0 Å². The number of hydrogen-bond donors (Lipinski definition) is 0. The number of rotatable bonds is 6. The summed E-state index contributed by atoms with van der Waals surface area (Å²) < 4.78 is 11.3. The van der Waals surface area contributed by atoms with Crippen LogP contribution in [0.1, 0.15) is 23.9 Å². The molecule has 1 amide bonds. The van der Waals surface area contributed by atoms with Gasteiger partial charge in [0.2, 0.25) is 11.7 Å². The largest absolute Gasteiger partial charge is 0.481 e. The van der Waals surface area contributed by atoms with E-state index in [9.17, 15) is 4.79 Å². The first-order valence-corrected chi connectivity index (χ1v) is 10.6. The molecule has 4 rings (SSSR count). The molecule has 1 aliphatic heterocycles. The summed E-state index contributed by atoms with van der Waals surface area (Å²) in [5.74, 6) is 1.93.